The molecule has 0 radical (unpaired) electrons. The Morgan fingerprint density at radius 1 is 0.882 bits per heavy atom. The van der Waals surface area contributed by atoms with Gasteiger partial charge in [-0.1, -0.05) is 6.42 Å². The molecule has 2 fully saturated rings. The first kappa shape index (κ1) is 22.6. The highest BCUT2D eigenvalue weighted by Crippen LogP contribution is 2.22. The molecule has 0 saturated carbocycles. The third-order valence-corrected chi connectivity index (χ3v) is 6.79. The Hall–Kier alpha value is -3.19. The molecule has 0 aliphatic carbocycles. The van der Waals surface area contributed by atoms with Gasteiger partial charge in [0.15, 0.2) is 5.65 Å². The Morgan fingerprint density at radius 2 is 1.68 bits per heavy atom. The van der Waals surface area contributed by atoms with E-state index >= 15 is 0 Å². The zero-order valence-electron chi connectivity index (χ0n) is 19.7. The number of pyridine rings is 2. The fourth-order valence-corrected chi connectivity index (χ4v) is 4.82. The molecule has 7 nitrogen and oxygen atoms in total. The van der Waals surface area contributed by atoms with Crippen LogP contribution in [0.1, 0.15) is 36.2 Å². The van der Waals surface area contributed by atoms with Crippen LogP contribution in [0.25, 0.3) is 11.0 Å². The summed E-state index contributed by atoms with van der Waals surface area (Å²) in [5.74, 6) is 0.896. The van der Waals surface area contributed by atoms with Crippen molar-refractivity contribution in [3.8, 4) is 5.75 Å². The van der Waals surface area contributed by atoms with Crippen LogP contribution in [0.4, 0.5) is 5.69 Å². The number of carbonyl (C=O) groups excluding carboxylic acids is 1. The van der Waals surface area contributed by atoms with Crippen molar-refractivity contribution < 1.29 is 9.53 Å². The topological polar surface area (TPSA) is 61.8 Å². The molecule has 34 heavy (non-hydrogen) atoms. The number of hydrogen-bond donors (Lipinski definition) is 0. The summed E-state index contributed by atoms with van der Waals surface area (Å²) < 4.78 is 5.96. The van der Waals surface area contributed by atoms with Crippen molar-refractivity contribution in [2.24, 2.45) is 0 Å². The second-order valence-electron chi connectivity index (χ2n) is 9.12. The first-order chi connectivity index (χ1) is 16.8. The molecule has 2 aromatic heterocycles. The number of fused-ring (bicyclic) bond motifs is 1. The minimum Gasteiger partial charge on any atom is -0.494 e. The molecule has 2 aliphatic rings. The molecule has 4 heterocycles. The van der Waals surface area contributed by atoms with Gasteiger partial charge in [-0.05, 0) is 80.9 Å². The van der Waals surface area contributed by atoms with Crippen LogP contribution in [0.15, 0.2) is 54.7 Å². The Bertz CT molecular complexity index is 1090. The summed E-state index contributed by atoms with van der Waals surface area (Å²) in [5.41, 5.74) is 2.24. The predicted molar refractivity (Wildman–Crippen MR) is 134 cm³/mol. The minimum absolute atomic E-state index is 0.0273. The van der Waals surface area contributed by atoms with Gasteiger partial charge in [0.1, 0.15) is 11.4 Å². The zero-order chi connectivity index (χ0) is 23.2. The van der Waals surface area contributed by atoms with Crippen LogP contribution in [0.2, 0.25) is 0 Å². The number of rotatable bonds is 7. The highest BCUT2D eigenvalue weighted by Gasteiger charge is 2.23. The van der Waals surface area contributed by atoms with E-state index in [4.69, 9.17) is 4.74 Å². The standard InChI is InChI=1S/C27H33N5O2/c33-27(25-12-7-22-6-4-13-28-26(22)29-25)32-19-17-31(18-20-32)23-8-10-24(11-9-23)34-21-5-16-30-14-2-1-3-15-30/h4,6-13H,1-3,5,14-21H2. The summed E-state index contributed by atoms with van der Waals surface area (Å²) in [7, 11) is 0. The van der Waals surface area contributed by atoms with E-state index in [1.165, 1.54) is 38.0 Å². The quantitative estimate of drug-likeness (QED) is 0.500. The number of ether oxygens (including phenoxy) is 1. The lowest BCUT2D eigenvalue weighted by Gasteiger charge is -2.36. The number of piperidine rings is 1. The van der Waals surface area contributed by atoms with Crippen LogP contribution >= 0.6 is 0 Å². The Morgan fingerprint density at radius 3 is 2.47 bits per heavy atom. The second kappa shape index (κ2) is 10.8. The first-order valence-corrected chi connectivity index (χ1v) is 12.5. The molecule has 2 aliphatic heterocycles. The van der Waals surface area contributed by atoms with Crippen LogP contribution in [0.5, 0.6) is 5.75 Å². The average Bonchev–Trinajstić information content (AvgIpc) is 2.91. The van der Waals surface area contributed by atoms with Crippen molar-refractivity contribution >= 4 is 22.6 Å². The van der Waals surface area contributed by atoms with Gasteiger partial charge in [-0.25, -0.2) is 9.97 Å². The molecule has 178 valence electrons. The number of carbonyl (C=O) groups is 1. The van der Waals surface area contributed by atoms with Crippen molar-refractivity contribution in [2.45, 2.75) is 25.7 Å². The fourth-order valence-electron chi connectivity index (χ4n) is 4.82. The van der Waals surface area contributed by atoms with Crippen LogP contribution in [-0.2, 0) is 0 Å². The smallest absolute Gasteiger partial charge is 0.272 e. The van der Waals surface area contributed by atoms with Crippen LogP contribution in [-0.4, -0.2) is 78.1 Å². The molecule has 0 unspecified atom stereocenters. The minimum atomic E-state index is -0.0273. The van der Waals surface area contributed by atoms with Crippen molar-refractivity contribution in [1.82, 2.24) is 19.8 Å². The fraction of sp³-hybridized carbons (Fsp3) is 0.444. The summed E-state index contributed by atoms with van der Waals surface area (Å²) in [4.78, 5) is 28.4. The molecule has 0 atom stereocenters. The summed E-state index contributed by atoms with van der Waals surface area (Å²) in [6, 6.07) is 15.9. The zero-order valence-corrected chi connectivity index (χ0v) is 19.7. The van der Waals surface area contributed by atoms with E-state index in [-0.39, 0.29) is 5.91 Å². The summed E-state index contributed by atoms with van der Waals surface area (Å²) in [5, 5.41) is 0.943. The molecule has 3 aromatic rings. The lowest BCUT2D eigenvalue weighted by atomic mass is 10.1. The Labute approximate surface area is 201 Å². The Balaban J connectivity index is 1.08. The number of amides is 1. The van der Waals surface area contributed by atoms with Gasteiger partial charge in [0.25, 0.3) is 5.91 Å². The molecule has 5 rings (SSSR count). The van der Waals surface area contributed by atoms with Gasteiger partial charge in [-0.15, -0.1) is 0 Å². The SMILES string of the molecule is O=C(c1ccc2cccnc2n1)N1CCN(c2ccc(OCCCN3CCCCC3)cc2)CC1. The molecule has 0 spiro atoms. The summed E-state index contributed by atoms with van der Waals surface area (Å²) in [6.45, 7) is 7.32. The molecular formula is C27H33N5O2. The van der Waals surface area contributed by atoms with E-state index in [1.807, 2.05) is 23.1 Å². The number of likely N-dealkylation sites (tertiary alicyclic amines) is 1. The van der Waals surface area contributed by atoms with Crippen molar-refractivity contribution in [3.63, 3.8) is 0 Å². The maximum Gasteiger partial charge on any atom is 0.272 e. The lowest BCUT2D eigenvalue weighted by Crippen LogP contribution is -2.49. The normalized spacial score (nSPS) is 17.2. The lowest BCUT2D eigenvalue weighted by molar-refractivity contribution is 0.0741. The molecule has 1 aromatic carbocycles. The van der Waals surface area contributed by atoms with Crippen LogP contribution < -0.4 is 9.64 Å². The van der Waals surface area contributed by atoms with Crippen molar-refractivity contribution in [1.29, 1.82) is 0 Å². The van der Waals surface area contributed by atoms with Crippen LogP contribution in [0.3, 0.4) is 0 Å². The third kappa shape index (κ3) is 5.47. The molecular weight excluding hydrogens is 426 g/mol. The summed E-state index contributed by atoms with van der Waals surface area (Å²) in [6.07, 6.45) is 6.82. The van der Waals surface area contributed by atoms with Crippen molar-refractivity contribution in [2.75, 3.05) is 57.3 Å². The number of benzene rings is 1. The summed E-state index contributed by atoms with van der Waals surface area (Å²) >= 11 is 0. The van der Waals surface area contributed by atoms with E-state index < -0.39 is 0 Å². The highest BCUT2D eigenvalue weighted by molar-refractivity contribution is 5.94. The van der Waals surface area contributed by atoms with E-state index in [1.54, 1.807) is 12.3 Å². The van der Waals surface area contributed by atoms with Gasteiger partial charge >= 0.3 is 0 Å². The van der Waals surface area contributed by atoms with Gasteiger partial charge in [0.2, 0.25) is 0 Å². The monoisotopic (exact) mass is 459 g/mol. The number of anilines is 1. The van der Waals surface area contributed by atoms with Gasteiger partial charge in [0.05, 0.1) is 6.61 Å². The van der Waals surface area contributed by atoms with E-state index in [0.29, 0.717) is 24.4 Å². The maximum atomic E-state index is 13.0. The number of aromatic nitrogens is 2. The number of nitrogens with zero attached hydrogens (tertiary/aromatic N) is 5. The average molecular weight is 460 g/mol. The molecule has 0 N–H and O–H groups in total. The van der Waals surface area contributed by atoms with E-state index in [9.17, 15) is 4.79 Å². The van der Waals surface area contributed by atoms with E-state index in [0.717, 1.165) is 43.8 Å². The number of hydrogen-bond acceptors (Lipinski definition) is 6. The Kier molecular flexibility index (Phi) is 7.19. The van der Waals surface area contributed by atoms with E-state index in [2.05, 4.69) is 44.0 Å². The second-order valence-corrected chi connectivity index (χ2v) is 9.12. The van der Waals surface area contributed by atoms with Gasteiger partial charge in [0, 0.05) is 50.0 Å². The van der Waals surface area contributed by atoms with Gasteiger partial charge < -0.3 is 19.4 Å². The highest BCUT2D eigenvalue weighted by atomic mass is 16.5. The predicted octanol–water partition coefficient (Wildman–Crippen LogP) is 3.85. The molecule has 2 saturated heterocycles. The van der Waals surface area contributed by atoms with Gasteiger partial charge in [-0.3, -0.25) is 4.79 Å². The van der Waals surface area contributed by atoms with Gasteiger partial charge in [-0.2, -0.15) is 0 Å². The molecule has 0 bridgehead atoms. The maximum absolute atomic E-state index is 13.0. The first-order valence-electron chi connectivity index (χ1n) is 12.5. The number of piperazine rings is 1. The van der Waals surface area contributed by atoms with Crippen molar-refractivity contribution in [3.05, 3.63) is 60.4 Å². The molecule has 1 amide bonds. The third-order valence-electron chi connectivity index (χ3n) is 6.79. The van der Waals surface area contributed by atoms with Crippen LogP contribution in [0, 0.1) is 0 Å². The molecule has 7 heteroatoms. The largest absolute Gasteiger partial charge is 0.494 e.